The molecule has 1 aromatic heterocycles. The third kappa shape index (κ3) is 4.72. The van der Waals surface area contributed by atoms with Gasteiger partial charge in [0.15, 0.2) is 0 Å². The van der Waals surface area contributed by atoms with Gasteiger partial charge in [0.1, 0.15) is 9.96 Å². The molecule has 1 saturated heterocycles. The van der Waals surface area contributed by atoms with Crippen molar-refractivity contribution in [3.63, 3.8) is 0 Å². The fourth-order valence-electron chi connectivity index (χ4n) is 3.11. The molecule has 152 valence electrons. The van der Waals surface area contributed by atoms with Crippen LogP contribution in [0.2, 0.25) is 0 Å². The zero-order valence-electron chi connectivity index (χ0n) is 16.0. The Morgan fingerprint density at radius 1 is 1.18 bits per heavy atom. The van der Waals surface area contributed by atoms with Gasteiger partial charge in [-0.2, -0.15) is 4.31 Å². The Morgan fingerprint density at radius 3 is 2.43 bits per heavy atom. The Kier molecular flexibility index (Phi) is 6.71. The third-order valence-electron chi connectivity index (χ3n) is 4.92. The van der Waals surface area contributed by atoms with Crippen molar-refractivity contribution >= 4 is 27.3 Å². The summed E-state index contributed by atoms with van der Waals surface area (Å²) in [5, 5.41) is 4.71. The standard InChI is InChI=1S/C19H25N3O4S2/c1-15(19(23)20-14-16-5-7-17(26-2)8-6-16)21-9-11-22(12-10-21)28(24,25)18-4-3-13-27-18/h3-8,13,15H,9-12,14H2,1-2H3,(H,20,23)/t15-/m0/s1. The molecule has 1 aromatic carbocycles. The number of amides is 1. The number of benzene rings is 1. The van der Waals surface area contributed by atoms with Gasteiger partial charge in [-0.1, -0.05) is 18.2 Å². The first kappa shape index (κ1) is 20.8. The maximum absolute atomic E-state index is 12.6. The molecule has 0 spiro atoms. The van der Waals surface area contributed by atoms with Crippen LogP contribution in [0.25, 0.3) is 0 Å². The fraction of sp³-hybridized carbons (Fsp3) is 0.421. The van der Waals surface area contributed by atoms with Crippen LogP contribution in [-0.2, 0) is 21.4 Å². The van der Waals surface area contributed by atoms with Crippen LogP contribution in [0, 0.1) is 0 Å². The largest absolute Gasteiger partial charge is 0.497 e. The van der Waals surface area contributed by atoms with Gasteiger partial charge >= 0.3 is 0 Å². The monoisotopic (exact) mass is 423 g/mol. The van der Waals surface area contributed by atoms with Gasteiger partial charge in [0, 0.05) is 32.7 Å². The number of thiophene rings is 1. The van der Waals surface area contributed by atoms with Crippen LogP contribution < -0.4 is 10.1 Å². The smallest absolute Gasteiger partial charge is 0.252 e. The molecular weight excluding hydrogens is 398 g/mol. The van der Waals surface area contributed by atoms with Crippen LogP contribution in [0.3, 0.4) is 0 Å². The molecule has 1 atom stereocenters. The van der Waals surface area contributed by atoms with Gasteiger partial charge in [-0.25, -0.2) is 8.42 Å². The van der Waals surface area contributed by atoms with Crippen molar-refractivity contribution in [1.82, 2.24) is 14.5 Å². The lowest BCUT2D eigenvalue weighted by atomic mass is 10.2. The predicted molar refractivity (Wildman–Crippen MR) is 109 cm³/mol. The van der Waals surface area contributed by atoms with Gasteiger partial charge in [-0.15, -0.1) is 11.3 Å². The first-order valence-corrected chi connectivity index (χ1v) is 11.4. The first-order chi connectivity index (χ1) is 13.4. The van der Waals surface area contributed by atoms with Gasteiger partial charge in [0.05, 0.1) is 13.2 Å². The summed E-state index contributed by atoms with van der Waals surface area (Å²) >= 11 is 1.23. The molecule has 0 unspecified atom stereocenters. The minimum atomic E-state index is -3.43. The molecule has 3 rings (SSSR count). The van der Waals surface area contributed by atoms with Crippen LogP contribution in [0.1, 0.15) is 12.5 Å². The van der Waals surface area contributed by atoms with E-state index in [2.05, 4.69) is 5.32 Å². The number of nitrogens with one attached hydrogen (secondary N) is 1. The second-order valence-corrected chi connectivity index (χ2v) is 9.73. The molecule has 2 heterocycles. The molecule has 1 aliphatic rings. The second-order valence-electron chi connectivity index (χ2n) is 6.61. The number of ether oxygens (including phenoxy) is 1. The number of sulfonamides is 1. The fourth-order valence-corrected chi connectivity index (χ4v) is 5.68. The van der Waals surface area contributed by atoms with Crippen molar-refractivity contribution in [3.8, 4) is 5.75 Å². The van der Waals surface area contributed by atoms with E-state index in [0.29, 0.717) is 36.9 Å². The quantitative estimate of drug-likeness (QED) is 0.734. The van der Waals surface area contributed by atoms with Crippen LogP contribution in [-0.4, -0.2) is 62.9 Å². The normalized spacial score (nSPS) is 17.2. The molecule has 7 nitrogen and oxygen atoms in total. The number of nitrogens with zero attached hydrogens (tertiary/aromatic N) is 2. The van der Waals surface area contributed by atoms with Crippen molar-refractivity contribution in [3.05, 3.63) is 47.3 Å². The van der Waals surface area contributed by atoms with E-state index in [0.717, 1.165) is 11.3 Å². The van der Waals surface area contributed by atoms with Gasteiger partial charge in [0.2, 0.25) is 5.91 Å². The van der Waals surface area contributed by atoms with E-state index in [1.807, 2.05) is 36.1 Å². The number of rotatable bonds is 7. The molecule has 0 saturated carbocycles. The highest BCUT2D eigenvalue weighted by Crippen LogP contribution is 2.22. The van der Waals surface area contributed by atoms with Crippen molar-refractivity contribution in [2.75, 3.05) is 33.3 Å². The third-order valence-corrected chi connectivity index (χ3v) is 8.19. The molecule has 0 radical (unpaired) electrons. The van der Waals surface area contributed by atoms with E-state index in [1.165, 1.54) is 15.6 Å². The summed E-state index contributed by atoms with van der Waals surface area (Å²) in [5.74, 6) is 0.712. The lowest BCUT2D eigenvalue weighted by Gasteiger charge is -2.36. The molecule has 1 aliphatic heterocycles. The van der Waals surface area contributed by atoms with Crippen molar-refractivity contribution in [2.45, 2.75) is 23.7 Å². The summed E-state index contributed by atoms with van der Waals surface area (Å²) < 4.78 is 32.2. The molecule has 2 aromatic rings. The second kappa shape index (κ2) is 9.04. The zero-order chi connectivity index (χ0) is 20.1. The lowest BCUT2D eigenvalue weighted by molar-refractivity contribution is -0.126. The molecule has 9 heteroatoms. The molecule has 1 N–H and O–H groups in total. The van der Waals surface area contributed by atoms with E-state index in [-0.39, 0.29) is 11.9 Å². The topological polar surface area (TPSA) is 79.0 Å². The highest BCUT2D eigenvalue weighted by atomic mass is 32.2. The summed E-state index contributed by atoms with van der Waals surface area (Å²) in [4.78, 5) is 14.5. The van der Waals surface area contributed by atoms with E-state index in [9.17, 15) is 13.2 Å². The van der Waals surface area contributed by atoms with E-state index < -0.39 is 10.0 Å². The molecule has 28 heavy (non-hydrogen) atoms. The van der Waals surface area contributed by atoms with Crippen molar-refractivity contribution in [2.24, 2.45) is 0 Å². The van der Waals surface area contributed by atoms with Crippen LogP contribution in [0.5, 0.6) is 5.75 Å². The Hall–Kier alpha value is -1.94. The summed E-state index contributed by atoms with van der Waals surface area (Å²) in [5.41, 5.74) is 0.994. The number of hydrogen-bond acceptors (Lipinski definition) is 6. The number of hydrogen-bond donors (Lipinski definition) is 1. The number of methoxy groups -OCH3 is 1. The Morgan fingerprint density at radius 2 is 1.86 bits per heavy atom. The van der Waals surface area contributed by atoms with E-state index in [1.54, 1.807) is 24.6 Å². The Labute approximate surface area is 170 Å². The molecular formula is C19H25N3O4S2. The summed E-state index contributed by atoms with van der Waals surface area (Å²) in [6, 6.07) is 10.6. The number of carbonyl (C=O) groups is 1. The van der Waals surface area contributed by atoms with Crippen LogP contribution >= 0.6 is 11.3 Å². The maximum Gasteiger partial charge on any atom is 0.252 e. The van der Waals surface area contributed by atoms with Crippen molar-refractivity contribution in [1.29, 1.82) is 0 Å². The SMILES string of the molecule is COc1ccc(CNC(=O)[C@H](C)N2CCN(S(=O)(=O)c3cccs3)CC2)cc1. The van der Waals surface area contributed by atoms with Gasteiger partial charge in [-0.3, -0.25) is 9.69 Å². The first-order valence-electron chi connectivity index (χ1n) is 9.10. The molecule has 0 aliphatic carbocycles. The van der Waals surface area contributed by atoms with Crippen LogP contribution in [0.15, 0.2) is 46.0 Å². The predicted octanol–water partition coefficient (Wildman–Crippen LogP) is 1.77. The minimum Gasteiger partial charge on any atom is -0.497 e. The molecule has 1 amide bonds. The van der Waals surface area contributed by atoms with Crippen molar-refractivity contribution < 1.29 is 17.9 Å². The number of piperazine rings is 1. The highest BCUT2D eigenvalue weighted by molar-refractivity contribution is 7.91. The lowest BCUT2D eigenvalue weighted by Crippen LogP contribution is -2.54. The average Bonchev–Trinajstić information content (AvgIpc) is 3.28. The molecule has 0 bridgehead atoms. The minimum absolute atomic E-state index is 0.0645. The van der Waals surface area contributed by atoms with E-state index >= 15 is 0 Å². The van der Waals surface area contributed by atoms with Gasteiger partial charge in [-0.05, 0) is 36.1 Å². The van der Waals surface area contributed by atoms with Gasteiger partial charge < -0.3 is 10.1 Å². The zero-order valence-corrected chi connectivity index (χ0v) is 17.6. The molecule has 1 fully saturated rings. The van der Waals surface area contributed by atoms with Crippen LogP contribution in [0.4, 0.5) is 0 Å². The Bertz CT molecular complexity index is 874. The Balaban J connectivity index is 1.50. The van der Waals surface area contributed by atoms with E-state index in [4.69, 9.17) is 4.74 Å². The summed E-state index contributed by atoms with van der Waals surface area (Å²) in [7, 11) is -1.81. The maximum atomic E-state index is 12.6. The highest BCUT2D eigenvalue weighted by Gasteiger charge is 2.32. The van der Waals surface area contributed by atoms with Gasteiger partial charge in [0.25, 0.3) is 10.0 Å². The summed E-state index contributed by atoms with van der Waals surface area (Å²) in [6.45, 7) is 4.13. The summed E-state index contributed by atoms with van der Waals surface area (Å²) in [6.07, 6.45) is 0. The number of carbonyl (C=O) groups excluding carboxylic acids is 1. The average molecular weight is 424 g/mol.